The van der Waals surface area contributed by atoms with Crippen LogP contribution in [0.5, 0.6) is 5.75 Å². The van der Waals surface area contributed by atoms with Gasteiger partial charge in [-0.05, 0) is 68.3 Å². The molecule has 10 heteroatoms. The number of halogens is 3. The Morgan fingerprint density at radius 2 is 2.24 bits per heavy atom. The maximum Gasteiger partial charge on any atom is 0.341 e. The number of carbonyl (C=O) groups is 2. The summed E-state index contributed by atoms with van der Waals surface area (Å²) in [4.78, 5) is 26.4. The highest BCUT2D eigenvalue weighted by molar-refractivity contribution is 14.1. The quantitative estimate of drug-likeness (QED) is 0.254. The van der Waals surface area contributed by atoms with E-state index in [1.54, 1.807) is 18.2 Å². The van der Waals surface area contributed by atoms with Crippen molar-refractivity contribution in [2.24, 2.45) is 5.10 Å². The van der Waals surface area contributed by atoms with Gasteiger partial charge in [0.05, 0.1) is 19.8 Å². The number of amides is 1. The van der Waals surface area contributed by atoms with Crippen LogP contribution in [0.25, 0.3) is 0 Å². The van der Waals surface area contributed by atoms with Crippen LogP contribution in [0.1, 0.15) is 15.9 Å². The molecule has 0 saturated heterocycles. The molecule has 0 fully saturated rings. The molecule has 1 heterocycles. The Hall–Kier alpha value is -1.72. The van der Waals surface area contributed by atoms with Gasteiger partial charge in [-0.25, -0.2) is 15.2 Å². The summed E-state index contributed by atoms with van der Waals surface area (Å²) in [5, 5.41) is 12.6. The molecule has 2 N–H and O–H groups in total. The molecule has 0 aliphatic rings. The first-order valence-corrected chi connectivity index (χ1v) is 8.91. The second-order valence-corrected chi connectivity index (χ2v) is 6.91. The van der Waals surface area contributed by atoms with Crippen LogP contribution in [0.2, 0.25) is 5.15 Å². The van der Waals surface area contributed by atoms with Gasteiger partial charge in [-0.2, -0.15) is 5.10 Å². The van der Waals surface area contributed by atoms with Crippen molar-refractivity contribution in [2.45, 2.75) is 0 Å². The zero-order valence-electron chi connectivity index (χ0n) is 12.4. The van der Waals surface area contributed by atoms with Crippen LogP contribution in [0.4, 0.5) is 0 Å². The predicted molar refractivity (Wildman–Crippen MR) is 104 cm³/mol. The van der Waals surface area contributed by atoms with Gasteiger partial charge in [0.25, 0.3) is 5.91 Å². The van der Waals surface area contributed by atoms with Crippen molar-refractivity contribution >= 4 is 68.2 Å². The van der Waals surface area contributed by atoms with Crippen LogP contribution >= 0.6 is 50.1 Å². The number of carboxylic acids is 1. The normalized spacial score (nSPS) is 10.7. The molecule has 0 aliphatic carbocycles. The van der Waals surface area contributed by atoms with Crippen molar-refractivity contribution in [3.05, 3.63) is 54.8 Å². The Labute approximate surface area is 169 Å². The number of aromatic nitrogens is 1. The molecule has 1 amide bonds. The summed E-state index contributed by atoms with van der Waals surface area (Å²) in [6.07, 6.45) is 2.92. The average molecular weight is 539 g/mol. The molecule has 0 aliphatic heterocycles. The fourth-order valence-electron chi connectivity index (χ4n) is 1.71. The number of pyridine rings is 1. The number of aliphatic carboxylic acids is 1. The fourth-order valence-corrected chi connectivity index (χ4v) is 3.68. The molecular formula is C15H10BrClIN3O4. The fraction of sp³-hybridized carbons (Fsp3) is 0.0667. The van der Waals surface area contributed by atoms with Crippen LogP contribution in [0.15, 0.2) is 40.0 Å². The summed E-state index contributed by atoms with van der Waals surface area (Å²) in [5.41, 5.74) is 3.26. The minimum absolute atomic E-state index is 0.0902. The molecule has 0 bridgehead atoms. The average Bonchev–Trinajstić information content (AvgIpc) is 2.54. The van der Waals surface area contributed by atoms with E-state index in [1.807, 2.05) is 22.6 Å². The Bertz CT molecular complexity index is 824. The monoisotopic (exact) mass is 537 g/mol. The van der Waals surface area contributed by atoms with Crippen molar-refractivity contribution in [3.63, 3.8) is 0 Å². The molecule has 7 nitrogen and oxygen atoms in total. The molecule has 0 radical (unpaired) electrons. The molecule has 2 rings (SSSR count). The van der Waals surface area contributed by atoms with Gasteiger partial charge in [-0.15, -0.1) is 0 Å². The highest BCUT2D eigenvalue weighted by Crippen LogP contribution is 2.31. The van der Waals surface area contributed by atoms with Gasteiger partial charge in [-0.3, -0.25) is 4.79 Å². The standard InChI is InChI=1S/C15H10BrClIN3O4/c16-10-4-8(5-11(18)13(10)25-7-12(22)23)6-20-21-15(24)9-2-1-3-19-14(9)17/h1-6H,7H2,(H,21,24)(H,22,23). The maximum atomic E-state index is 12.0. The van der Waals surface area contributed by atoms with E-state index in [9.17, 15) is 9.59 Å². The molecule has 1 aromatic carbocycles. The zero-order valence-corrected chi connectivity index (χ0v) is 16.9. The Balaban J connectivity index is 2.07. The van der Waals surface area contributed by atoms with Gasteiger partial charge in [-0.1, -0.05) is 11.6 Å². The van der Waals surface area contributed by atoms with Crippen LogP contribution in [-0.4, -0.2) is 34.8 Å². The molecule has 0 saturated carbocycles. The first-order chi connectivity index (χ1) is 11.9. The van der Waals surface area contributed by atoms with Gasteiger partial charge >= 0.3 is 5.97 Å². The Kier molecular flexibility index (Phi) is 7.14. The van der Waals surface area contributed by atoms with Crippen LogP contribution in [0, 0.1) is 3.57 Å². The first kappa shape index (κ1) is 19.6. The van der Waals surface area contributed by atoms with Gasteiger partial charge in [0.15, 0.2) is 6.61 Å². The number of hydrogen-bond donors (Lipinski definition) is 2. The highest BCUT2D eigenvalue weighted by Gasteiger charge is 2.11. The van der Waals surface area contributed by atoms with E-state index in [-0.39, 0.29) is 10.7 Å². The molecule has 1 aromatic heterocycles. The SMILES string of the molecule is O=C(O)COc1c(Br)cc(C=NNC(=O)c2cccnc2Cl)cc1I. The molecule has 0 spiro atoms. The summed E-state index contributed by atoms with van der Waals surface area (Å²) in [6.45, 7) is -0.441. The summed E-state index contributed by atoms with van der Waals surface area (Å²) in [6, 6.07) is 6.55. The molecule has 2 aromatic rings. The number of benzene rings is 1. The minimum Gasteiger partial charge on any atom is -0.480 e. The summed E-state index contributed by atoms with van der Waals surface area (Å²) in [5.74, 6) is -1.12. The number of carbonyl (C=O) groups excluding carboxylic acids is 1. The number of rotatable bonds is 6. The smallest absolute Gasteiger partial charge is 0.341 e. The van der Waals surface area contributed by atoms with Gasteiger partial charge < -0.3 is 9.84 Å². The lowest BCUT2D eigenvalue weighted by Gasteiger charge is -2.09. The number of nitrogens with one attached hydrogen (secondary N) is 1. The van der Waals surface area contributed by atoms with Crippen molar-refractivity contribution in [1.82, 2.24) is 10.4 Å². The second kappa shape index (κ2) is 9.11. The third-order valence-corrected chi connectivity index (χ3v) is 4.44. The minimum atomic E-state index is -1.06. The summed E-state index contributed by atoms with van der Waals surface area (Å²) in [7, 11) is 0. The number of ether oxygens (including phenoxy) is 1. The molecule has 130 valence electrons. The van der Waals surface area contributed by atoms with Gasteiger partial charge in [0, 0.05) is 6.20 Å². The van der Waals surface area contributed by atoms with Crippen LogP contribution in [0.3, 0.4) is 0 Å². The number of hydrogen-bond acceptors (Lipinski definition) is 5. The van der Waals surface area contributed by atoms with E-state index in [2.05, 4.69) is 31.4 Å². The zero-order chi connectivity index (χ0) is 18.4. The number of carboxylic acid groups (broad SMARTS) is 1. The molecule has 0 atom stereocenters. The summed E-state index contributed by atoms with van der Waals surface area (Å²) >= 11 is 11.2. The lowest BCUT2D eigenvalue weighted by Crippen LogP contribution is -2.18. The summed E-state index contributed by atoms with van der Waals surface area (Å²) < 4.78 is 6.47. The van der Waals surface area contributed by atoms with Gasteiger partial charge in [0.1, 0.15) is 10.9 Å². The first-order valence-electron chi connectivity index (χ1n) is 6.66. The Morgan fingerprint density at radius 3 is 2.88 bits per heavy atom. The Morgan fingerprint density at radius 1 is 1.48 bits per heavy atom. The van der Waals surface area contributed by atoms with Crippen LogP contribution < -0.4 is 10.2 Å². The van der Waals surface area contributed by atoms with E-state index >= 15 is 0 Å². The van der Waals surface area contributed by atoms with Crippen molar-refractivity contribution < 1.29 is 19.4 Å². The van der Waals surface area contributed by atoms with Gasteiger partial charge in [0.2, 0.25) is 0 Å². The number of nitrogens with zero attached hydrogens (tertiary/aromatic N) is 2. The van der Waals surface area contributed by atoms with E-state index in [1.165, 1.54) is 18.5 Å². The van der Waals surface area contributed by atoms with E-state index in [0.717, 1.165) is 0 Å². The van der Waals surface area contributed by atoms with E-state index < -0.39 is 18.5 Å². The molecule has 0 unspecified atom stereocenters. The van der Waals surface area contributed by atoms with E-state index in [0.29, 0.717) is 19.4 Å². The van der Waals surface area contributed by atoms with Crippen molar-refractivity contribution in [3.8, 4) is 5.75 Å². The lowest BCUT2D eigenvalue weighted by molar-refractivity contribution is -0.139. The molecular weight excluding hydrogens is 528 g/mol. The topological polar surface area (TPSA) is 101 Å². The number of hydrazone groups is 1. The van der Waals surface area contributed by atoms with Crippen molar-refractivity contribution in [1.29, 1.82) is 0 Å². The van der Waals surface area contributed by atoms with Crippen LogP contribution in [-0.2, 0) is 4.79 Å². The predicted octanol–water partition coefficient (Wildman–Crippen LogP) is 3.33. The third kappa shape index (κ3) is 5.65. The second-order valence-electron chi connectivity index (χ2n) is 4.54. The van der Waals surface area contributed by atoms with E-state index in [4.69, 9.17) is 21.4 Å². The third-order valence-electron chi connectivity index (χ3n) is 2.74. The van der Waals surface area contributed by atoms with Crippen molar-refractivity contribution in [2.75, 3.05) is 6.61 Å². The lowest BCUT2D eigenvalue weighted by atomic mass is 10.2. The largest absolute Gasteiger partial charge is 0.480 e. The highest BCUT2D eigenvalue weighted by atomic mass is 127. The molecule has 25 heavy (non-hydrogen) atoms. The maximum absolute atomic E-state index is 12.0.